The largest absolute Gasteiger partial charge is 0.463 e. The van der Waals surface area contributed by atoms with Crippen molar-refractivity contribution in [3.05, 3.63) is 27.3 Å². The van der Waals surface area contributed by atoms with Gasteiger partial charge in [0.2, 0.25) is 0 Å². The van der Waals surface area contributed by atoms with Gasteiger partial charge in [-0.15, -0.1) is 0 Å². The van der Waals surface area contributed by atoms with Gasteiger partial charge in [0.15, 0.2) is 0 Å². The molecule has 0 N–H and O–H groups in total. The predicted octanol–water partition coefficient (Wildman–Crippen LogP) is 2.32. The Bertz CT molecular complexity index is 368. The highest BCUT2D eigenvalue weighted by Crippen LogP contribution is 2.10. The SMILES string of the molecule is CC(C)OC(=O)Cc1ncc(I)cc1F. The number of carbonyl (C=O) groups is 1. The lowest BCUT2D eigenvalue weighted by Crippen LogP contribution is -2.15. The van der Waals surface area contributed by atoms with Crippen molar-refractivity contribution < 1.29 is 13.9 Å². The minimum Gasteiger partial charge on any atom is -0.463 e. The molecule has 0 fully saturated rings. The predicted molar refractivity (Wildman–Crippen MR) is 61.8 cm³/mol. The molecule has 1 heterocycles. The zero-order valence-corrected chi connectivity index (χ0v) is 10.6. The Morgan fingerprint density at radius 2 is 2.33 bits per heavy atom. The number of esters is 1. The minimum atomic E-state index is -0.470. The van der Waals surface area contributed by atoms with Crippen LogP contribution in [-0.2, 0) is 16.0 Å². The van der Waals surface area contributed by atoms with Crippen molar-refractivity contribution >= 4 is 28.6 Å². The zero-order chi connectivity index (χ0) is 11.4. The quantitative estimate of drug-likeness (QED) is 0.633. The molecule has 1 aromatic rings. The molecule has 82 valence electrons. The lowest BCUT2D eigenvalue weighted by Gasteiger charge is -2.07. The first-order valence-corrected chi connectivity index (χ1v) is 5.56. The molecule has 0 aromatic carbocycles. The highest BCUT2D eigenvalue weighted by Gasteiger charge is 2.12. The van der Waals surface area contributed by atoms with Gasteiger partial charge < -0.3 is 4.74 Å². The van der Waals surface area contributed by atoms with Gasteiger partial charge in [-0.05, 0) is 42.5 Å². The standard InChI is InChI=1S/C10H11FINO2/c1-6(2)15-10(14)4-9-8(11)3-7(12)5-13-9/h3,5-6H,4H2,1-2H3. The Labute approximate surface area is 101 Å². The maximum absolute atomic E-state index is 13.3. The summed E-state index contributed by atoms with van der Waals surface area (Å²) in [4.78, 5) is 15.1. The van der Waals surface area contributed by atoms with Crippen molar-refractivity contribution in [2.45, 2.75) is 26.4 Å². The zero-order valence-electron chi connectivity index (χ0n) is 8.46. The van der Waals surface area contributed by atoms with E-state index in [0.717, 1.165) is 0 Å². The van der Waals surface area contributed by atoms with Crippen LogP contribution in [0, 0.1) is 9.39 Å². The number of carbonyl (C=O) groups excluding carboxylic acids is 1. The van der Waals surface area contributed by atoms with E-state index in [-0.39, 0.29) is 18.2 Å². The van der Waals surface area contributed by atoms with Crippen LogP contribution in [0.25, 0.3) is 0 Å². The summed E-state index contributed by atoms with van der Waals surface area (Å²) in [6, 6.07) is 1.34. The molecule has 0 radical (unpaired) electrons. The highest BCUT2D eigenvalue weighted by molar-refractivity contribution is 14.1. The fourth-order valence-electron chi connectivity index (χ4n) is 1.01. The third-order valence-electron chi connectivity index (χ3n) is 1.56. The van der Waals surface area contributed by atoms with Crippen LogP contribution in [-0.4, -0.2) is 17.1 Å². The van der Waals surface area contributed by atoms with Crippen molar-refractivity contribution in [1.82, 2.24) is 4.98 Å². The van der Waals surface area contributed by atoms with E-state index in [4.69, 9.17) is 4.74 Å². The van der Waals surface area contributed by atoms with E-state index < -0.39 is 11.8 Å². The number of aromatic nitrogens is 1. The summed E-state index contributed by atoms with van der Waals surface area (Å²) in [5.74, 6) is -0.930. The first kappa shape index (κ1) is 12.4. The van der Waals surface area contributed by atoms with Gasteiger partial charge in [0.1, 0.15) is 5.82 Å². The fraction of sp³-hybridized carbons (Fsp3) is 0.400. The maximum Gasteiger partial charge on any atom is 0.312 e. The summed E-state index contributed by atoms with van der Waals surface area (Å²) >= 11 is 1.96. The van der Waals surface area contributed by atoms with Crippen LogP contribution in [0.15, 0.2) is 12.3 Å². The van der Waals surface area contributed by atoms with Crippen LogP contribution in [0.1, 0.15) is 19.5 Å². The van der Waals surface area contributed by atoms with Crippen LogP contribution in [0.2, 0.25) is 0 Å². The summed E-state index contributed by atoms with van der Waals surface area (Å²) in [6.07, 6.45) is 1.20. The second-order valence-corrected chi connectivity index (χ2v) is 4.54. The molecule has 0 aliphatic rings. The van der Waals surface area contributed by atoms with E-state index in [1.54, 1.807) is 13.8 Å². The van der Waals surface area contributed by atoms with Gasteiger partial charge in [-0.2, -0.15) is 0 Å². The molecule has 0 saturated heterocycles. The van der Waals surface area contributed by atoms with Crippen molar-refractivity contribution in [3.8, 4) is 0 Å². The molecule has 0 aliphatic heterocycles. The van der Waals surface area contributed by atoms with Crippen LogP contribution in [0.3, 0.4) is 0 Å². The number of hydrogen-bond donors (Lipinski definition) is 0. The molecule has 0 amide bonds. The molecule has 0 bridgehead atoms. The van der Waals surface area contributed by atoms with Gasteiger partial charge >= 0.3 is 5.97 Å². The van der Waals surface area contributed by atoms with Crippen LogP contribution >= 0.6 is 22.6 Å². The van der Waals surface area contributed by atoms with E-state index in [9.17, 15) is 9.18 Å². The van der Waals surface area contributed by atoms with Gasteiger partial charge in [0.25, 0.3) is 0 Å². The van der Waals surface area contributed by atoms with Crippen LogP contribution in [0.4, 0.5) is 4.39 Å². The molecule has 0 spiro atoms. The Morgan fingerprint density at radius 1 is 1.67 bits per heavy atom. The van der Waals surface area contributed by atoms with Gasteiger partial charge in [0.05, 0.1) is 18.2 Å². The van der Waals surface area contributed by atoms with Crippen molar-refractivity contribution in [1.29, 1.82) is 0 Å². The van der Waals surface area contributed by atoms with Gasteiger partial charge in [-0.1, -0.05) is 0 Å². The molecule has 0 atom stereocenters. The molecular weight excluding hydrogens is 312 g/mol. The summed E-state index contributed by atoms with van der Waals surface area (Å²) in [5, 5.41) is 0. The van der Waals surface area contributed by atoms with Crippen LogP contribution < -0.4 is 0 Å². The Hall–Kier alpha value is -0.720. The Morgan fingerprint density at radius 3 is 2.87 bits per heavy atom. The third-order valence-corrected chi connectivity index (χ3v) is 2.15. The topological polar surface area (TPSA) is 39.2 Å². The normalized spacial score (nSPS) is 10.5. The fourth-order valence-corrected chi connectivity index (χ4v) is 1.43. The molecule has 5 heteroatoms. The summed E-state index contributed by atoms with van der Waals surface area (Å²) in [7, 11) is 0. The van der Waals surface area contributed by atoms with Gasteiger partial charge in [0, 0.05) is 9.77 Å². The first-order valence-electron chi connectivity index (χ1n) is 4.48. The van der Waals surface area contributed by atoms with E-state index in [1.807, 2.05) is 22.6 Å². The molecule has 15 heavy (non-hydrogen) atoms. The molecule has 3 nitrogen and oxygen atoms in total. The van der Waals surface area contributed by atoms with Crippen molar-refractivity contribution in [2.24, 2.45) is 0 Å². The number of nitrogens with zero attached hydrogens (tertiary/aromatic N) is 1. The van der Waals surface area contributed by atoms with E-state index in [2.05, 4.69) is 4.98 Å². The average Bonchev–Trinajstić information content (AvgIpc) is 2.08. The number of ether oxygens (including phenoxy) is 1. The molecule has 1 aromatic heterocycles. The lowest BCUT2D eigenvalue weighted by molar-refractivity contribution is -0.146. The smallest absolute Gasteiger partial charge is 0.312 e. The molecule has 0 saturated carbocycles. The van der Waals surface area contributed by atoms with E-state index in [0.29, 0.717) is 3.57 Å². The lowest BCUT2D eigenvalue weighted by atomic mass is 10.2. The second-order valence-electron chi connectivity index (χ2n) is 3.30. The minimum absolute atomic E-state index is 0.124. The number of pyridine rings is 1. The molecule has 1 rings (SSSR count). The monoisotopic (exact) mass is 323 g/mol. The number of rotatable bonds is 3. The summed E-state index contributed by atoms with van der Waals surface area (Å²) in [5.41, 5.74) is 0.126. The van der Waals surface area contributed by atoms with E-state index in [1.165, 1.54) is 12.3 Å². The van der Waals surface area contributed by atoms with Crippen LogP contribution in [0.5, 0.6) is 0 Å². The molecule has 0 aliphatic carbocycles. The summed E-state index contributed by atoms with van der Waals surface area (Å²) in [6.45, 7) is 3.49. The molecule has 0 unspecified atom stereocenters. The maximum atomic E-state index is 13.3. The van der Waals surface area contributed by atoms with Gasteiger partial charge in [-0.25, -0.2) is 4.39 Å². The molecular formula is C10H11FINO2. The first-order chi connectivity index (χ1) is 6.99. The van der Waals surface area contributed by atoms with Crippen molar-refractivity contribution in [3.63, 3.8) is 0 Å². The number of hydrogen-bond acceptors (Lipinski definition) is 3. The average molecular weight is 323 g/mol. The van der Waals surface area contributed by atoms with E-state index >= 15 is 0 Å². The third kappa shape index (κ3) is 4.11. The van der Waals surface area contributed by atoms with Crippen molar-refractivity contribution in [2.75, 3.05) is 0 Å². The highest BCUT2D eigenvalue weighted by atomic mass is 127. The Kier molecular flexibility index (Phi) is 4.44. The second kappa shape index (κ2) is 5.39. The summed E-state index contributed by atoms with van der Waals surface area (Å²) < 4.78 is 18.9. The number of halogens is 2. The van der Waals surface area contributed by atoms with Gasteiger partial charge in [-0.3, -0.25) is 9.78 Å². The Balaban J connectivity index is 2.68.